The second-order valence-corrected chi connectivity index (χ2v) is 6.75. The van der Waals surface area contributed by atoms with Crippen LogP contribution in [0.5, 0.6) is 0 Å². The molecule has 0 bridgehead atoms. The topological polar surface area (TPSA) is 63.3 Å². The van der Waals surface area contributed by atoms with E-state index in [2.05, 4.69) is 36.1 Å². The van der Waals surface area contributed by atoms with Crippen LogP contribution in [0.4, 0.5) is 0 Å². The van der Waals surface area contributed by atoms with Crippen molar-refractivity contribution in [1.82, 2.24) is 10.3 Å². The van der Waals surface area contributed by atoms with Crippen LogP contribution >= 0.6 is 11.3 Å². The lowest BCUT2D eigenvalue weighted by molar-refractivity contribution is 0.611. The summed E-state index contributed by atoms with van der Waals surface area (Å²) >= 11 is 1.77. The van der Waals surface area contributed by atoms with E-state index in [-0.39, 0.29) is 0 Å². The summed E-state index contributed by atoms with van der Waals surface area (Å²) in [6.45, 7) is 8.04. The number of nitrogens with two attached hydrogens (primary N) is 1. The lowest BCUT2D eigenvalue weighted by Gasteiger charge is -2.04. The molecule has 0 spiro atoms. The highest BCUT2D eigenvalue weighted by Gasteiger charge is 2.03. The SMILES string of the molecule is CCCCCCCCN=C(N)NCCc1nc(C)c(C)s1. The molecule has 0 aliphatic carbocycles. The van der Waals surface area contributed by atoms with Crippen molar-refractivity contribution in [3.8, 4) is 0 Å². The minimum absolute atomic E-state index is 0.563. The van der Waals surface area contributed by atoms with E-state index in [1.165, 1.54) is 42.0 Å². The number of nitrogens with zero attached hydrogens (tertiary/aromatic N) is 2. The van der Waals surface area contributed by atoms with Crippen molar-refractivity contribution in [2.75, 3.05) is 13.1 Å². The predicted octanol–water partition coefficient (Wildman–Crippen LogP) is 3.57. The number of hydrogen-bond donors (Lipinski definition) is 2. The molecule has 0 aromatic carbocycles. The zero-order valence-corrected chi connectivity index (χ0v) is 14.6. The van der Waals surface area contributed by atoms with Crippen LogP contribution < -0.4 is 11.1 Å². The first kappa shape index (κ1) is 18.0. The van der Waals surface area contributed by atoms with E-state index in [0.29, 0.717) is 5.96 Å². The van der Waals surface area contributed by atoms with E-state index in [1.54, 1.807) is 11.3 Å². The molecule has 3 N–H and O–H groups in total. The first-order valence-electron chi connectivity index (χ1n) is 8.10. The molecule has 0 amide bonds. The van der Waals surface area contributed by atoms with Gasteiger partial charge in [-0.3, -0.25) is 4.99 Å². The number of hydrogen-bond acceptors (Lipinski definition) is 3. The number of aliphatic imine (C=N–C) groups is 1. The maximum Gasteiger partial charge on any atom is 0.188 e. The maximum atomic E-state index is 5.86. The predicted molar refractivity (Wildman–Crippen MR) is 93.2 cm³/mol. The second-order valence-electron chi connectivity index (χ2n) is 5.46. The average molecular weight is 311 g/mol. The number of guanidine groups is 1. The zero-order chi connectivity index (χ0) is 15.5. The van der Waals surface area contributed by atoms with E-state index in [0.717, 1.165) is 31.6 Å². The summed E-state index contributed by atoms with van der Waals surface area (Å²) in [5, 5.41) is 4.33. The van der Waals surface area contributed by atoms with Crippen LogP contribution in [0.15, 0.2) is 4.99 Å². The van der Waals surface area contributed by atoms with Crippen LogP contribution in [-0.4, -0.2) is 24.0 Å². The van der Waals surface area contributed by atoms with Gasteiger partial charge in [0, 0.05) is 24.4 Å². The number of aromatic nitrogens is 1. The average Bonchev–Trinajstić information content (AvgIpc) is 2.76. The minimum atomic E-state index is 0.563. The largest absolute Gasteiger partial charge is 0.370 e. The van der Waals surface area contributed by atoms with Crippen LogP contribution in [-0.2, 0) is 6.42 Å². The summed E-state index contributed by atoms with van der Waals surface area (Å²) in [4.78, 5) is 10.2. The Balaban J connectivity index is 2.07. The summed E-state index contributed by atoms with van der Waals surface area (Å²) in [7, 11) is 0. The molecule has 1 aromatic rings. The van der Waals surface area contributed by atoms with Crippen molar-refractivity contribution in [3.05, 3.63) is 15.6 Å². The maximum absolute atomic E-state index is 5.86. The highest BCUT2D eigenvalue weighted by atomic mass is 32.1. The number of nitrogens with one attached hydrogen (secondary N) is 1. The molecule has 120 valence electrons. The van der Waals surface area contributed by atoms with Gasteiger partial charge in [0.15, 0.2) is 5.96 Å². The number of rotatable bonds is 10. The molecule has 0 radical (unpaired) electrons. The molecule has 0 saturated carbocycles. The molecule has 1 aromatic heterocycles. The van der Waals surface area contributed by atoms with Crippen molar-refractivity contribution >= 4 is 17.3 Å². The van der Waals surface area contributed by atoms with Gasteiger partial charge in [0.1, 0.15) is 0 Å². The van der Waals surface area contributed by atoms with Gasteiger partial charge >= 0.3 is 0 Å². The fourth-order valence-corrected chi connectivity index (χ4v) is 3.02. The molecule has 0 saturated heterocycles. The summed E-state index contributed by atoms with van der Waals surface area (Å²) < 4.78 is 0. The Morgan fingerprint density at radius 3 is 2.57 bits per heavy atom. The van der Waals surface area contributed by atoms with Crippen molar-refractivity contribution in [3.63, 3.8) is 0 Å². The van der Waals surface area contributed by atoms with E-state index in [1.807, 2.05) is 0 Å². The fourth-order valence-electron chi connectivity index (χ4n) is 2.09. The summed E-state index contributed by atoms with van der Waals surface area (Å²) in [6, 6.07) is 0. The van der Waals surface area contributed by atoms with Gasteiger partial charge in [0.05, 0.1) is 10.7 Å². The normalized spacial score (nSPS) is 11.9. The molecule has 1 heterocycles. The molecule has 0 atom stereocenters. The van der Waals surface area contributed by atoms with Crippen LogP contribution in [0.1, 0.15) is 61.0 Å². The minimum Gasteiger partial charge on any atom is -0.370 e. The molecular formula is C16H30N4S. The van der Waals surface area contributed by atoms with E-state index < -0.39 is 0 Å². The Bertz CT molecular complexity index is 406. The van der Waals surface area contributed by atoms with Crippen molar-refractivity contribution < 1.29 is 0 Å². The second kappa shape index (κ2) is 10.6. The van der Waals surface area contributed by atoms with Gasteiger partial charge in [0.25, 0.3) is 0 Å². The van der Waals surface area contributed by atoms with Gasteiger partial charge < -0.3 is 11.1 Å². The van der Waals surface area contributed by atoms with Gasteiger partial charge in [-0.2, -0.15) is 0 Å². The number of unbranched alkanes of at least 4 members (excludes halogenated alkanes) is 5. The lowest BCUT2D eigenvalue weighted by atomic mass is 10.1. The van der Waals surface area contributed by atoms with Gasteiger partial charge in [-0.25, -0.2) is 4.98 Å². The molecule has 1 rings (SSSR count). The lowest BCUT2D eigenvalue weighted by Crippen LogP contribution is -2.33. The summed E-state index contributed by atoms with van der Waals surface area (Å²) in [5.74, 6) is 0.563. The molecular weight excluding hydrogens is 280 g/mol. The molecule has 0 fully saturated rings. The third kappa shape index (κ3) is 8.05. The molecule has 0 aliphatic rings. The van der Waals surface area contributed by atoms with Crippen LogP contribution in [0.2, 0.25) is 0 Å². The fraction of sp³-hybridized carbons (Fsp3) is 0.750. The van der Waals surface area contributed by atoms with E-state index >= 15 is 0 Å². The van der Waals surface area contributed by atoms with Gasteiger partial charge in [0.2, 0.25) is 0 Å². The smallest absolute Gasteiger partial charge is 0.188 e. The Kier molecular flexibility index (Phi) is 9.06. The van der Waals surface area contributed by atoms with Crippen LogP contribution in [0.3, 0.4) is 0 Å². The van der Waals surface area contributed by atoms with Crippen LogP contribution in [0, 0.1) is 13.8 Å². The molecule has 21 heavy (non-hydrogen) atoms. The number of thiazole rings is 1. The highest BCUT2D eigenvalue weighted by Crippen LogP contribution is 2.16. The molecule has 5 heteroatoms. The van der Waals surface area contributed by atoms with Crippen molar-refractivity contribution in [2.24, 2.45) is 10.7 Å². The van der Waals surface area contributed by atoms with Crippen molar-refractivity contribution in [2.45, 2.75) is 65.7 Å². The quantitative estimate of drug-likeness (QED) is 0.394. The third-order valence-electron chi connectivity index (χ3n) is 3.51. The van der Waals surface area contributed by atoms with Gasteiger partial charge in [-0.15, -0.1) is 11.3 Å². The standard InChI is InChI=1S/C16H30N4S/c1-4-5-6-7-8-9-11-18-16(17)19-12-10-15-20-13(2)14(3)21-15/h4-12H2,1-3H3,(H3,17,18,19). The molecule has 0 unspecified atom stereocenters. The Hall–Kier alpha value is -1.10. The highest BCUT2D eigenvalue weighted by molar-refractivity contribution is 7.11. The molecule has 0 aliphatic heterocycles. The monoisotopic (exact) mass is 310 g/mol. The van der Waals surface area contributed by atoms with Crippen LogP contribution in [0.25, 0.3) is 0 Å². The van der Waals surface area contributed by atoms with E-state index in [9.17, 15) is 0 Å². The Labute approximate surface area is 133 Å². The summed E-state index contributed by atoms with van der Waals surface area (Å²) in [6.07, 6.45) is 8.62. The third-order valence-corrected chi connectivity index (χ3v) is 4.64. The van der Waals surface area contributed by atoms with Crippen molar-refractivity contribution in [1.29, 1.82) is 0 Å². The zero-order valence-electron chi connectivity index (χ0n) is 13.7. The molecule has 4 nitrogen and oxygen atoms in total. The number of aryl methyl sites for hydroxylation is 2. The van der Waals surface area contributed by atoms with Gasteiger partial charge in [-0.1, -0.05) is 39.0 Å². The van der Waals surface area contributed by atoms with E-state index in [4.69, 9.17) is 5.73 Å². The first-order valence-corrected chi connectivity index (χ1v) is 8.91. The Morgan fingerprint density at radius 2 is 1.90 bits per heavy atom. The van der Waals surface area contributed by atoms with Gasteiger partial charge in [-0.05, 0) is 20.3 Å². The Morgan fingerprint density at radius 1 is 1.19 bits per heavy atom. The summed E-state index contributed by atoms with van der Waals surface area (Å²) in [5.41, 5.74) is 7.00. The first-order chi connectivity index (χ1) is 10.1.